The van der Waals surface area contributed by atoms with Crippen molar-refractivity contribution < 1.29 is 0 Å². The third-order valence-corrected chi connectivity index (χ3v) is 3.87. The van der Waals surface area contributed by atoms with Crippen molar-refractivity contribution in [3.8, 4) is 11.1 Å². The average Bonchev–Trinajstić information content (AvgIpc) is 2.92. The molecule has 3 rings (SSSR count). The van der Waals surface area contributed by atoms with E-state index < -0.39 is 0 Å². The molecule has 0 saturated carbocycles. The van der Waals surface area contributed by atoms with Gasteiger partial charge in [-0.25, -0.2) is 0 Å². The molecule has 0 fully saturated rings. The second kappa shape index (κ2) is 5.44. The second-order valence-corrected chi connectivity index (χ2v) is 5.38. The van der Waals surface area contributed by atoms with E-state index >= 15 is 0 Å². The van der Waals surface area contributed by atoms with Gasteiger partial charge < -0.3 is 5.73 Å². The van der Waals surface area contributed by atoms with E-state index in [1.807, 2.05) is 35.1 Å². The summed E-state index contributed by atoms with van der Waals surface area (Å²) < 4.78 is 1.97. The number of para-hydroxylation sites is 1. The van der Waals surface area contributed by atoms with Crippen LogP contribution in [0.5, 0.6) is 0 Å². The molecule has 0 saturated heterocycles. The molecule has 1 heterocycles. The molecule has 2 N–H and O–H groups in total. The molecule has 3 heteroatoms. The normalized spacial score (nSPS) is 10.8. The van der Waals surface area contributed by atoms with Gasteiger partial charge in [-0.3, -0.25) is 4.68 Å². The number of aromatic nitrogens is 2. The number of nitrogen functional groups attached to an aromatic ring is 1. The van der Waals surface area contributed by atoms with Crippen LogP contribution in [-0.2, 0) is 6.54 Å². The lowest BCUT2D eigenvalue weighted by Crippen LogP contribution is -2.03. The van der Waals surface area contributed by atoms with Gasteiger partial charge in [-0.2, -0.15) is 5.10 Å². The van der Waals surface area contributed by atoms with Crippen molar-refractivity contribution in [3.63, 3.8) is 0 Å². The fraction of sp³-hybridized carbons (Fsp3) is 0.167. The first-order chi connectivity index (χ1) is 10.1. The van der Waals surface area contributed by atoms with Crippen LogP contribution in [0.15, 0.2) is 54.9 Å². The molecular formula is C18H19N3. The Morgan fingerprint density at radius 2 is 1.71 bits per heavy atom. The lowest BCUT2D eigenvalue weighted by atomic mass is 10.0. The monoisotopic (exact) mass is 277 g/mol. The summed E-state index contributed by atoms with van der Waals surface area (Å²) in [4.78, 5) is 0. The quantitative estimate of drug-likeness (QED) is 0.740. The number of rotatable bonds is 3. The summed E-state index contributed by atoms with van der Waals surface area (Å²) in [5, 5.41) is 4.47. The zero-order valence-electron chi connectivity index (χ0n) is 12.4. The lowest BCUT2D eigenvalue weighted by molar-refractivity contribution is 0.681. The molecule has 106 valence electrons. The average molecular weight is 277 g/mol. The van der Waals surface area contributed by atoms with Crippen molar-refractivity contribution in [3.05, 3.63) is 71.5 Å². The Balaban J connectivity index is 1.91. The second-order valence-electron chi connectivity index (χ2n) is 5.38. The van der Waals surface area contributed by atoms with Crippen molar-refractivity contribution in [2.75, 3.05) is 5.73 Å². The molecule has 0 spiro atoms. The number of aryl methyl sites for hydroxylation is 2. The molecule has 3 aromatic rings. The van der Waals surface area contributed by atoms with Gasteiger partial charge in [-0.1, -0.05) is 36.4 Å². The van der Waals surface area contributed by atoms with Crippen LogP contribution in [0.3, 0.4) is 0 Å². The predicted octanol–water partition coefficient (Wildman–Crippen LogP) is 3.80. The number of anilines is 1. The van der Waals surface area contributed by atoms with Gasteiger partial charge >= 0.3 is 0 Å². The first-order valence-electron chi connectivity index (χ1n) is 7.07. The van der Waals surface area contributed by atoms with E-state index in [1.165, 1.54) is 16.7 Å². The summed E-state index contributed by atoms with van der Waals surface area (Å²) in [5.41, 5.74) is 12.8. The highest BCUT2D eigenvalue weighted by Gasteiger charge is 2.07. The van der Waals surface area contributed by atoms with Gasteiger partial charge in [0.2, 0.25) is 0 Å². The predicted molar refractivity (Wildman–Crippen MR) is 87.1 cm³/mol. The lowest BCUT2D eigenvalue weighted by Gasteiger charge is -2.09. The Morgan fingerprint density at radius 3 is 2.43 bits per heavy atom. The molecule has 1 aromatic heterocycles. The number of nitrogens with zero attached hydrogens (tertiary/aromatic N) is 2. The van der Waals surface area contributed by atoms with Gasteiger partial charge in [0.1, 0.15) is 0 Å². The molecule has 0 atom stereocenters. The third kappa shape index (κ3) is 2.68. The minimum absolute atomic E-state index is 0.782. The molecule has 0 unspecified atom stereocenters. The van der Waals surface area contributed by atoms with Gasteiger partial charge in [-0.15, -0.1) is 0 Å². The number of hydrogen-bond acceptors (Lipinski definition) is 2. The maximum atomic E-state index is 6.03. The van der Waals surface area contributed by atoms with Crippen molar-refractivity contribution in [2.45, 2.75) is 20.4 Å². The smallest absolute Gasteiger partial charge is 0.0664 e. The first-order valence-corrected chi connectivity index (χ1v) is 7.07. The van der Waals surface area contributed by atoms with Gasteiger partial charge in [0.05, 0.1) is 12.7 Å². The van der Waals surface area contributed by atoms with E-state index in [0.717, 1.165) is 23.4 Å². The molecule has 0 aliphatic heterocycles. The number of hydrogen-bond donors (Lipinski definition) is 1. The van der Waals surface area contributed by atoms with E-state index in [9.17, 15) is 0 Å². The zero-order valence-corrected chi connectivity index (χ0v) is 12.4. The van der Waals surface area contributed by atoms with Crippen LogP contribution in [0, 0.1) is 13.8 Å². The van der Waals surface area contributed by atoms with Crippen LogP contribution in [0.4, 0.5) is 5.69 Å². The summed E-state index contributed by atoms with van der Waals surface area (Å²) in [7, 11) is 0. The van der Waals surface area contributed by atoms with Crippen LogP contribution in [-0.4, -0.2) is 9.78 Å². The molecule has 0 aliphatic carbocycles. The molecule has 0 bridgehead atoms. The van der Waals surface area contributed by atoms with Crippen LogP contribution in [0.2, 0.25) is 0 Å². The summed E-state index contributed by atoms with van der Waals surface area (Å²) in [6.07, 6.45) is 3.93. The molecular weight excluding hydrogens is 258 g/mol. The van der Waals surface area contributed by atoms with Gasteiger partial charge in [0.15, 0.2) is 0 Å². The minimum atomic E-state index is 0.782. The topological polar surface area (TPSA) is 43.8 Å². The SMILES string of the molecule is Cc1cccc(C)c1Cn1cc(-c2ccccc2N)cn1. The fourth-order valence-corrected chi connectivity index (χ4v) is 2.61. The summed E-state index contributed by atoms with van der Waals surface area (Å²) in [6.45, 7) is 5.06. The maximum absolute atomic E-state index is 6.03. The highest BCUT2D eigenvalue weighted by molar-refractivity contribution is 5.75. The highest BCUT2D eigenvalue weighted by atomic mass is 15.3. The zero-order chi connectivity index (χ0) is 14.8. The van der Waals surface area contributed by atoms with E-state index in [2.05, 4.69) is 43.3 Å². The Morgan fingerprint density at radius 1 is 1.00 bits per heavy atom. The largest absolute Gasteiger partial charge is 0.398 e. The Labute approximate surface area is 125 Å². The molecule has 0 radical (unpaired) electrons. The first kappa shape index (κ1) is 13.4. The highest BCUT2D eigenvalue weighted by Crippen LogP contribution is 2.25. The van der Waals surface area contributed by atoms with E-state index in [1.54, 1.807) is 0 Å². The van der Waals surface area contributed by atoms with Gasteiger partial charge in [0, 0.05) is 23.0 Å². The van der Waals surface area contributed by atoms with E-state index in [-0.39, 0.29) is 0 Å². The minimum Gasteiger partial charge on any atom is -0.398 e. The molecule has 0 amide bonds. The van der Waals surface area contributed by atoms with Crippen molar-refractivity contribution in [1.82, 2.24) is 9.78 Å². The van der Waals surface area contributed by atoms with E-state index in [4.69, 9.17) is 5.73 Å². The Bertz CT molecular complexity index is 751. The summed E-state index contributed by atoms with van der Waals surface area (Å²) in [6, 6.07) is 14.2. The number of nitrogens with two attached hydrogens (primary N) is 1. The van der Waals surface area contributed by atoms with Crippen LogP contribution in [0.25, 0.3) is 11.1 Å². The van der Waals surface area contributed by atoms with E-state index in [0.29, 0.717) is 0 Å². The van der Waals surface area contributed by atoms with Crippen molar-refractivity contribution >= 4 is 5.69 Å². The molecule has 0 aliphatic rings. The standard InChI is InChI=1S/C18H19N3/c1-13-6-5-7-14(2)17(13)12-21-11-15(10-20-21)16-8-3-4-9-18(16)19/h3-11H,12,19H2,1-2H3. The maximum Gasteiger partial charge on any atom is 0.0664 e. The van der Waals surface area contributed by atoms with Crippen LogP contribution < -0.4 is 5.73 Å². The molecule has 3 nitrogen and oxygen atoms in total. The Hall–Kier alpha value is -2.55. The fourth-order valence-electron chi connectivity index (χ4n) is 2.61. The number of benzene rings is 2. The van der Waals surface area contributed by atoms with Crippen molar-refractivity contribution in [2.24, 2.45) is 0 Å². The van der Waals surface area contributed by atoms with Gasteiger partial charge in [0.25, 0.3) is 0 Å². The summed E-state index contributed by atoms with van der Waals surface area (Å²) >= 11 is 0. The van der Waals surface area contributed by atoms with Crippen LogP contribution >= 0.6 is 0 Å². The molecule has 2 aromatic carbocycles. The van der Waals surface area contributed by atoms with Crippen molar-refractivity contribution in [1.29, 1.82) is 0 Å². The van der Waals surface area contributed by atoms with Crippen LogP contribution in [0.1, 0.15) is 16.7 Å². The summed E-state index contributed by atoms with van der Waals surface area (Å²) in [5.74, 6) is 0. The molecule has 21 heavy (non-hydrogen) atoms. The van der Waals surface area contributed by atoms with Gasteiger partial charge in [-0.05, 0) is 36.6 Å². The Kier molecular flexibility index (Phi) is 3.48. The third-order valence-electron chi connectivity index (χ3n) is 3.87.